The fraction of sp³-hybridized carbons (Fsp3) is 0.222. The minimum atomic E-state index is -0.612. The van der Waals surface area contributed by atoms with Crippen molar-refractivity contribution in [3.63, 3.8) is 0 Å². The average Bonchev–Trinajstić information content (AvgIpc) is 2.10. The first-order valence-electron chi connectivity index (χ1n) is 3.78. The second kappa shape index (κ2) is 4.55. The van der Waals surface area contributed by atoms with Gasteiger partial charge in [-0.05, 0) is 41.6 Å². The first-order chi connectivity index (χ1) is 6.16. The number of rotatable bonds is 2. The van der Waals surface area contributed by atoms with Crippen molar-refractivity contribution in [1.82, 2.24) is 0 Å². The van der Waals surface area contributed by atoms with Gasteiger partial charge in [0.2, 0.25) is 0 Å². The summed E-state index contributed by atoms with van der Waals surface area (Å²) in [6.07, 6.45) is 0. The molecule has 0 amide bonds. The number of carbonyl (C=O) groups excluding carboxylic acids is 1. The van der Waals surface area contributed by atoms with Gasteiger partial charge in [0.15, 0.2) is 5.82 Å². The van der Waals surface area contributed by atoms with Crippen LogP contribution in [0.25, 0.3) is 0 Å². The molecule has 0 radical (unpaired) electrons. The fourth-order valence-electron chi connectivity index (χ4n) is 0.870. The Morgan fingerprint density at radius 3 is 2.92 bits per heavy atom. The number of carbonyl (C=O) groups is 1. The third-order valence-electron chi connectivity index (χ3n) is 1.45. The predicted molar refractivity (Wildman–Crippen MR) is 55.1 cm³/mol. The average molecular weight is 294 g/mol. The molecule has 0 aliphatic rings. The zero-order valence-electron chi connectivity index (χ0n) is 7.01. The van der Waals surface area contributed by atoms with Gasteiger partial charge in [0.1, 0.15) is 0 Å². The van der Waals surface area contributed by atoms with Gasteiger partial charge < -0.3 is 4.74 Å². The molecule has 0 saturated heterocycles. The van der Waals surface area contributed by atoms with Gasteiger partial charge in [-0.3, -0.25) is 0 Å². The van der Waals surface area contributed by atoms with Crippen molar-refractivity contribution in [2.24, 2.45) is 0 Å². The van der Waals surface area contributed by atoms with Gasteiger partial charge in [0.05, 0.1) is 12.2 Å². The van der Waals surface area contributed by atoms with Crippen LogP contribution in [0.2, 0.25) is 0 Å². The molecule has 70 valence electrons. The Morgan fingerprint density at radius 1 is 1.62 bits per heavy atom. The van der Waals surface area contributed by atoms with E-state index in [0.29, 0.717) is 3.57 Å². The lowest BCUT2D eigenvalue weighted by Gasteiger charge is -2.03. The van der Waals surface area contributed by atoms with E-state index in [0.717, 1.165) is 0 Å². The number of hydrogen-bond donors (Lipinski definition) is 0. The van der Waals surface area contributed by atoms with Crippen LogP contribution in [0.5, 0.6) is 0 Å². The highest BCUT2D eigenvalue weighted by atomic mass is 127. The predicted octanol–water partition coefficient (Wildman–Crippen LogP) is 2.61. The largest absolute Gasteiger partial charge is 0.462 e. The molecule has 0 aliphatic carbocycles. The molecule has 0 spiro atoms. The van der Waals surface area contributed by atoms with Crippen molar-refractivity contribution in [2.45, 2.75) is 6.92 Å². The summed E-state index contributed by atoms with van der Waals surface area (Å²) < 4.78 is 18.4. The number of ether oxygens (including phenoxy) is 1. The molecule has 0 fully saturated rings. The van der Waals surface area contributed by atoms with Crippen molar-refractivity contribution < 1.29 is 13.9 Å². The topological polar surface area (TPSA) is 26.3 Å². The van der Waals surface area contributed by atoms with E-state index in [1.807, 2.05) is 22.6 Å². The van der Waals surface area contributed by atoms with E-state index in [-0.39, 0.29) is 12.2 Å². The number of esters is 1. The molecule has 0 N–H and O–H groups in total. The van der Waals surface area contributed by atoms with Crippen molar-refractivity contribution in [3.8, 4) is 0 Å². The van der Waals surface area contributed by atoms with Gasteiger partial charge in [-0.25, -0.2) is 9.18 Å². The molecule has 4 heteroatoms. The maximum Gasteiger partial charge on any atom is 0.341 e. The van der Waals surface area contributed by atoms with Gasteiger partial charge >= 0.3 is 5.97 Å². The lowest BCUT2D eigenvalue weighted by molar-refractivity contribution is 0.0521. The minimum absolute atomic E-state index is 0.00579. The van der Waals surface area contributed by atoms with Crippen molar-refractivity contribution in [2.75, 3.05) is 6.61 Å². The van der Waals surface area contributed by atoms with Crippen LogP contribution in [0.15, 0.2) is 18.2 Å². The van der Waals surface area contributed by atoms with E-state index >= 15 is 0 Å². The minimum Gasteiger partial charge on any atom is -0.462 e. The highest BCUT2D eigenvalue weighted by Crippen LogP contribution is 2.15. The van der Waals surface area contributed by atoms with Crippen LogP contribution >= 0.6 is 22.6 Å². The summed E-state index contributed by atoms with van der Waals surface area (Å²) in [5, 5.41) is 0. The van der Waals surface area contributed by atoms with E-state index in [9.17, 15) is 9.18 Å². The molecule has 0 saturated carbocycles. The van der Waals surface area contributed by atoms with Gasteiger partial charge in [-0.1, -0.05) is 6.07 Å². The SMILES string of the molecule is CCOC(=O)c1cccc(I)c1F. The summed E-state index contributed by atoms with van der Waals surface area (Å²) in [5.41, 5.74) is -0.00579. The monoisotopic (exact) mass is 294 g/mol. The number of benzene rings is 1. The molecule has 13 heavy (non-hydrogen) atoms. The van der Waals surface area contributed by atoms with Gasteiger partial charge in [0, 0.05) is 3.57 Å². The molecule has 0 bridgehead atoms. The van der Waals surface area contributed by atoms with Gasteiger partial charge in [0.25, 0.3) is 0 Å². The number of hydrogen-bond acceptors (Lipinski definition) is 2. The molecule has 2 nitrogen and oxygen atoms in total. The van der Waals surface area contributed by atoms with Gasteiger partial charge in [-0.2, -0.15) is 0 Å². The molecule has 0 atom stereocenters. The lowest BCUT2D eigenvalue weighted by atomic mass is 10.2. The molecule has 0 aromatic heterocycles. The van der Waals surface area contributed by atoms with Crippen LogP contribution in [-0.4, -0.2) is 12.6 Å². The molecule has 1 aromatic carbocycles. The van der Waals surface area contributed by atoms with E-state index in [1.54, 1.807) is 19.1 Å². The molecule has 0 unspecified atom stereocenters. The van der Waals surface area contributed by atoms with Crippen LogP contribution in [0.3, 0.4) is 0 Å². The summed E-state index contributed by atoms with van der Waals surface area (Å²) in [5.74, 6) is -1.12. The molecular weight excluding hydrogens is 286 g/mol. The lowest BCUT2D eigenvalue weighted by Crippen LogP contribution is -2.07. The Kier molecular flexibility index (Phi) is 3.65. The van der Waals surface area contributed by atoms with E-state index in [1.165, 1.54) is 6.07 Å². The normalized spacial score (nSPS) is 9.77. The van der Waals surface area contributed by atoms with Crippen LogP contribution in [0, 0.1) is 9.39 Å². The quantitative estimate of drug-likeness (QED) is 0.619. The Balaban J connectivity index is 3.01. The van der Waals surface area contributed by atoms with Crippen molar-refractivity contribution >= 4 is 28.6 Å². The van der Waals surface area contributed by atoms with Crippen molar-refractivity contribution in [3.05, 3.63) is 33.1 Å². The molecule has 0 heterocycles. The number of halogens is 2. The maximum atomic E-state index is 13.3. The van der Waals surface area contributed by atoms with Crippen LogP contribution in [0.4, 0.5) is 4.39 Å². The zero-order valence-corrected chi connectivity index (χ0v) is 9.17. The van der Waals surface area contributed by atoms with Crippen LogP contribution < -0.4 is 0 Å². The van der Waals surface area contributed by atoms with E-state index in [4.69, 9.17) is 0 Å². The molecular formula is C9H8FIO2. The third-order valence-corrected chi connectivity index (χ3v) is 2.28. The maximum absolute atomic E-state index is 13.3. The first kappa shape index (κ1) is 10.4. The zero-order chi connectivity index (χ0) is 9.84. The Bertz CT molecular complexity index is 325. The smallest absolute Gasteiger partial charge is 0.341 e. The third kappa shape index (κ3) is 2.40. The first-order valence-corrected chi connectivity index (χ1v) is 4.85. The highest BCUT2D eigenvalue weighted by Gasteiger charge is 2.13. The Morgan fingerprint density at radius 2 is 2.31 bits per heavy atom. The fourth-order valence-corrected chi connectivity index (χ4v) is 1.37. The van der Waals surface area contributed by atoms with Gasteiger partial charge in [-0.15, -0.1) is 0 Å². The molecule has 1 aromatic rings. The van der Waals surface area contributed by atoms with Crippen LogP contribution in [0.1, 0.15) is 17.3 Å². The van der Waals surface area contributed by atoms with Crippen molar-refractivity contribution in [1.29, 1.82) is 0 Å². The standard InChI is InChI=1S/C9H8FIO2/c1-2-13-9(12)6-4-3-5-7(11)8(6)10/h3-5H,2H2,1H3. The van der Waals surface area contributed by atoms with E-state index in [2.05, 4.69) is 4.74 Å². The summed E-state index contributed by atoms with van der Waals surface area (Å²) in [7, 11) is 0. The second-order valence-electron chi connectivity index (χ2n) is 2.32. The summed E-state index contributed by atoms with van der Waals surface area (Å²) in [6.45, 7) is 1.94. The summed E-state index contributed by atoms with van der Waals surface area (Å²) in [6, 6.07) is 4.63. The molecule has 1 rings (SSSR count). The highest BCUT2D eigenvalue weighted by molar-refractivity contribution is 14.1. The Labute approximate surface area is 89.2 Å². The second-order valence-corrected chi connectivity index (χ2v) is 3.48. The summed E-state index contributed by atoms with van der Waals surface area (Å²) >= 11 is 1.83. The van der Waals surface area contributed by atoms with E-state index < -0.39 is 11.8 Å². The molecule has 0 aliphatic heterocycles. The Hall–Kier alpha value is -0.650. The van der Waals surface area contributed by atoms with Crippen LogP contribution in [-0.2, 0) is 4.74 Å². The summed E-state index contributed by atoms with van der Waals surface area (Å²) in [4.78, 5) is 11.2.